The zero-order valence-electron chi connectivity index (χ0n) is 7.21. The van der Waals surface area contributed by atoms with Crippen LogP contribution in [0.4, 0.5) is 0 Å². The Labute approximate surface area is 72.7 Å². The van der Waals surface area contributed by atoms with Gasteiger partial charge in [0.1, 0.15) is 5.75 Å². The first-order valence-electron chi connectivity index (χ1n) is 4.29. The van der Waals surface area contributed by atoms with Crippen molar-refractivity contribution in [3.05, 3.63) is 35.9 Å². The van der Waals surface area contributed by atoms with E-state index in [1.165, 1.54) is 11.1 Å². The van der Waals surface area contributed by atoms with E-state index in [1.54, 1.807) is 0 Å². The summed E-state index contributed by atoms with van der Waals surface area (Å²) in [6.45, 7) is 2.90. The van der Waals surface area contributed by atoms with Gasteiger partial charge >= 0.3 is 0 Å². The van der Waals surface area contributed by atoms with Crippen LogP contribution in [-0.2, 0) is 0 Å². The van der Waals surface area contributed by atoms with E-state index < -0.39 is 0 Å². The van der Waals surface area contributed by atoms with Crippen molar-refractivity contribution < 1.29 is 4.74 Å². The molecular formula is C11H12O. The molecule has 0 atom stereocenters. The molecule has 0 aliphatic carbocycles. The van der Waals surface area contributed by atoms with E-state index in [1.807, 2.05) is 12.1 Å². The number of hydrogen-bond acceptors (Lipinski definition) is 1. The Hall–Kier alpha value is -1.24. The molecule has 0 bridgehead atoms. The van der Waals surface area contributed by atoms with E-state index >= 15 is 0 Å². The molecule has 0 spiro atoms. The molecule has 0 N–H and O–H groups in total. The van der Waals surface area contributed by atoms with E-state index in [4.69, 9.17) is 4.74 Å². The minimum Gasteiger partial charge on any atom is -0.493 e. The largest absolute Gasteiger partial charge is 0.493 e. The Morgan fingerprint density at radius 1 is 1.33 bits per heavy atom. The molecular weight excluding hydrogens is 148 g/mol. The molecule has 0 saturated carbocycles. The topological polar surface area (TPSA) is 9.23 Å². The van der Waals surface area contributed by atoms with Gasteiger partial charge in [0.05, 0.1) is 6.61 Å². The van der Waals surface area contributed by atoms with Crippen LogP contribution in [0.5, 0.6) is 5.75 Å². The van der Waals surface area contributed by atoms with Crippen molar-refractivity contribution in [1.82, 2.24) is 0 Å². The molecule has 0 fully saturated rings. The summed E-state index contributed by atoms with van der Waals surface area (Å²) >= 11 is 0. The molecule has 0 saturated heterocycles. The Kier molecular flexibility index (Phi) is 1.86. The van der Waals surface area contributed by atoms with Gasteiger partial charge in [-0.3, -0.25) is 0 Å². The lowest BCUT2D eigenvalue weighted by atomic mass is 10.00. The van der Waals surface area contributed by atoms with Crippen molar-refractivity contribution in [3.8, 4) is 5.75 Å². The lowest BCUT2D eigenvalue weighted by molar-refractivity contribution is 0.316. The highest BCUT2D eigenvalue weighted by atomic mass is 16.5. The SMILES string of the molecule is CC=C1CCOc2ccccc21. The van der Waals surface area contributed by atoms with Crippen LogP contribution in [0.25, 0.3) is 5.57 Å². The molecule has 1 heterocycles. The van der Waals surface area contributed by atoms with Crippen LogP contribution in [0.3, 0.4) is 0 Å². The van der Waals surface area contributed by atoms with Crippen LogP contribution in [0.2, 0.25) is 0 Å². The van der Waals surface area contributed by atoms with Crippen molar-refractivity contribution in [2.24, 2.45) is 0 Å². The fourth-order valence-corrected chi connectivity index (χ4v) is 1.56. The highest BCUT2D eigenvalue weighted by Gasteiger charge is 2.12. The minimum atomic E-state index is 0.816. The van der Waals surface area contributed by atoms with Gasteiger partial charge in [0, 0.05) is 12.0 Å². The Bertz CT molecular complexity index is 313. The summed E-state index contributed by atoms with van der Waals surface area (Å²) in [5, 5.41) is 0. The molecule has 1 aromatic rings. The van der Waals surface area contributed by atoms with E-state index in [2.05, 4.69) is 25.1 Å². The van der Waals surface area contributed by atoms with Crippen LogP contribution >= 0.6 is 0 Å². The third-order valence-corrected chi connectivity index (χ3v) is 2.21. The second-order valence-corrected chi connectivity index (χ2v) is 2.91. The van der Waals surface area contributed by atoms with Gasteiger partial charge < -0.3 is 4.74 Å². The summed E-state index contributed by atoms with van der Waals surface area (Å²) in [6, 6.07) is 8.20. The van der Waals surface area contributed by atoms with Crippen LogP contribution in [0.15, 0.2) is 30.3 Å². The molecule has 1 aliphatic rings. The molecule has 12 heavy (non-hydrogen) atoms. The number of para-hydroxylation sites is 1. The number of allylic oxidation sites excluding steroid dienone is 1. The quantitative estimate of drug-likeness (QED) is 0.567. The Morgan fingerprint density at radius 2 is 2.17 bits per heavy atom. The summed E-state index contributed by atoms with van der Waals surface area (Å²) < 4.78 is 5.51. The summed E-state index contributed by atoms with van der Waals surface area (Å²) in [7, 11) is 0. The van der Waals surface area contributed by atoms with Crippen molar-refractivity contribution in [1.29, 1.82) is 0 Å². The summed E-state index contributed by atoms with van der Waals surface area (Å²) in [4.78, 5) is 0. The van der Waals surface area contributed by atoms with Crippen LogP contribution in [0.1, 0.15) is 18.9 Å². The second kappa shape index (κ2) is 3.02. The summed E-state index contributed by atoms with van der Waals surface area (Å²) in [5.74, 6) is 1.02. The molecule has 0 aromatic heterocycles. The number of hydrogen-bond donors (Lipinski definition) is 0. The van der Waals surface area contributed by atoms with Gasteiger partial charge in [0.2, 0.25) is 0 Å². The van der Waals surface area contributed by atoms with Gasteiger partial charge in [0.15, 0.2) is 0 Å². The average molecular weight is 160 g/mol. The van der Waals surface area contributed by atoms with Gasteiger partial charge in [0.25, 0.3) is 0 Å². The Balaban J connectivity index is 2.51. The molecule has 2 rings (SSSR count). The van der Waals surface area contributed by atoms with E-state index in [0.29, 0.717) is 0 Å². The maximum Gasteiger partial charge on any atom is 0.126 e. The maximum atomic E-state index is 5.51. The highest BCUT2D eigenvalue weighted by molar-refractivity contribution is 5.71. The van der Waals surface area contributed by atoms with Crippen molar-refractivity contribution in [2.75, 3.05) is 6.61 Å². The lowest BCUT2D eigenvalue weighted by Gasteiger charge is -2.19. The second-order valence-electron chi connectivity index (χ2n) is 2.91. The fourth-order valence-electron chi connectivity index (χ4n) is 1.56. The average Bonchev–Trinajstić information content (AvgIpc) is 2.17. The van der Waals surface area contributed by atoms with Gasteiger partial charge in [-0.1, -0.05) is 24.3 Å². The molecule has 0 amide bonds. The van der Waals surface area contributed by atoms with Crippen molar-refractivity contribution in [2.45, 2.75) is 13.3 Å². The van der Waals surface area contributed by atoms with Crippen molar-refractivity contribution >= 4 is 5.57 Å². The molecule has 1 nitrogen and oxygen atoms in total. The number of fused-ring (bicyclic) bond motifs is 1. The zero-order chi connectivity index (χ0) is 8.39. The monoisotopic (exact) mass is 160 g/mol. The summed E-state index contributed by atoms with van der Waals surface area (Å²) in [6.07, 6.45) is 3.20. The van der Waals surface area contributed by atoms with Crippen LogP contribution in [-0.4, -0.2) is 6.61 Å². The zero-order valence-corrected chi connectivity index (χ0v) is 7.21. The molecule has 62 valence electrons. The first-order chi connectivity index (χ1) is 5.92. The maximum absolute atomic E-state index is 5.51. The normalized spacial score (nSPS) is 18.6. The Morgan fingerprint density at radius 3 is 3.00 bits per heavy atom. The lowest BCUT2D eigenvalue weighted by Crippen LogP contribution is -2.06. The standard InChI is InChI=1S/C11H12O/c1-2-9-7-8-12-11-6-4-3-5-10(9)11/h2-6H,7-8H2,1H3. The van der Waals surface area contributed by atoms with Gasteiger partial charge in [-0.15, -0.1) is 0 Å². The number of ether oxygens (including phenoxy) is 1. The first kappa shape index (κ1) is 7.41. The van der Waals surface area contributed by atoms with E-state index in [-0.39, 0.29) is 0 Å². The first-order valence-corrected chi connectivity index (χ1v) is 4.29. The molecule has 1 aromatic carbocycles. The molecule has 1 aliphatic heterocycles. The number of rotatable bonds is 0. The van der Waals surface area contributed by atoms with Crippen LogP contribution < -0.4 is 4.74 Å². The van der Waals surface area contributed by atoms with Gasteiger partial charge in [-0.2, -0.15) is 0 Å². The van der Waals surface area contributed by atoms with Crippen molar-refractivity contribution in [3.63, 3.8) is 0 Å². The minimum absolute atomic E-state index is 0.816. The smallest absolute Gasteiger partial charge is 0.126 e. The molecule has 0 radical (unpaired) electrons. The molecule has 0 unspecified atom stereocenters. The van der Waals surface area contributed by atoms with E-state index in [0.717, 1.165) is 18.8 Å². The predicted octanol–water partition coefficient (Wildman–Crippen LogP) is 2.87. The fraction of sp³-hybridized carbons (Fsp3) is 0.273. The van der Waals surface area contributed by atoms with E-state index in [9.17, 15) is 0 Å². The third kappa shape index (κ3) is 1.11. The predicted molar refractivity (Wildman–Crippen MR) is 50.2 cm³/mol. The highest BCUT2D eigenvalue weighted by Crippen LogP contribution is 2.31. The molecule has 1 heteroatoms. The number of benzene rings is 1. The van der Waals surface area contributed by atoms with Gasteiger partial charge in [-0.05, 0) is 18.6 Å². The third-order valence-electron chi connectivity index (χ3n) is 2.21. The summed E-state index contributed by atoms with van der Waals surface area (Å²) in [5.41, 5.74) is 2.66. The van der Waals surface area contributed by atoms with Gasteiger partial charge in [-0.25, -0.2) is 0 Å². The van der Waals surface area contributed by atoms with Crippen LogP contribution in [0, 0.1) is 0 Å².